The number of unbranched alkanes of at least 4 members (excludes halogenated alkanes) is 1. The number of nitrogens with one attached hydrogen (secondary N) is 2. The van der Waals surface area contributed by atoms with Crippen molar-refractivity contribution in [1.82, 2.24) is 0 Å². The summed E-state index contributed by atoms with van der Waals surface area (Å²) in [5, 5.41) is 3.46. The Hall–Kier alpha value is -1.31. The summed E-state index contributed by atoms with van der Waals surface area (Å²) < 4.78 is 0. The van der Waals surface area contributed by atoms with Gasteiger partial charge in [-0.25, -0.2) is 5.32 Å². The monoisotopic (exact) mass is 203 g/mol. The topological polar surface area (TPSA) is 26.0 Å². The minimum atomic E-state index is 1.08. The first-order valence-corrected chi connectivity index (χ1v) is 5.85. The first kappa shape index (κ1) is 10.2. The Labute approximate surface area is 91.4 Å². The van der Waals surface area contributed by atoms with E-state index in [9.17, 15) is 0 Å². The zero-order valence-electron chi connectivity index (χ0n) is 9.34. The Morgan fingerprint density at radius 1 is 1.27 bits per heavy atom. The zero-order chi connectivity index (χ0) is 10.5. The predicted octanol–water partition coefficient (Wildman–Crippen LogP) is 1.32. The van der Waals surface area contributed by atoms with Crippen LogP contribution < -0.4 is 10.3 Å². The van der Waals surface area contributed by atoms with Gasteiger partial charge in [-0.3, -0.25) is 4.99 Å². The zero-order valence-corrected chi connectivity index (χ0v) is 9.34. The minimum absolute atomic E-state index is 1.08. The third-order valence-electron chi connectivity index (χ3n) is 2.82. The lowest BCUT2D eigenvalue weighted by atomic mass is 10.0. The highest BCUT2D eigenvalue weighted by Crippen LogP contribution is 2.20. The molecule has 0 aliphatic carbocycles. The molecule has 0 radical (unpaired) electrons. The molecule has 0 saturated carbocycles. The molecule has 0 fully saturated rings. The summed E-state index contributed by atoms with van der Waals surface area (Å²) in [6, 6.07) is 8.54. The van der Waals surface area contributed by atoms with Crippen molar-refractivity contribution in [2.75, 3.05) is 11.9 Å². The van der Waals surface area contributed by atoms with Gasteiger partial charge in [-0.1, -0.05) is 31.5 Å². The van der Waals surface area contributed by atoms with Gasteiger partial charge < -0.3 is 0 Å². The van der Waals surface area contributed by atoms with E-state index < -0.39 is 0 Å². The molecule has 2 N–H and O–H groups in total. The van der Waals surface area contributed by atoms with Crippen LogP contribution in [0.1, 0.15) is 31.7 Å². The number of benzene rings is 1. The van der Waals surface area contributed by atoms with Crippen molar-refractivity contribution in [3.63, 3.8) is 0 Å². The number of hydrogen-bond acceptors (Lipinski definition) is 0. The van der Waals surface area contributed by atoms with E-state index in [2.05, 4.69) is 41.5 Å². The highest BCUT2D eigenvalue weighted by atomic mass is 15.0. The van der Waals surface area contributed by atoms with Gasteiger partial charge in [0, 0.05) is 0 Å². The molecule has 0 aromatic heterocycles. The van der Waals surface area contributed by atoms with Gasteiger partial charge in [0.15, 0.2) is 0 Å². The Kier molecular flexibility index (Phi) is 3.38. The van der Waals surface area contributed by atoms with E-state index in [1.807, 2.05) is 0 Å². The molecule has 0 atom stereocenters. The number of amidine groups is 1. The highest BCUT2D eigenvalue weighted by Gasteiger charge is 2.17. The maximum atomic E-state index is 3.47. The largest absolute Gasteiger partial charge is 0.278 e. The Balaban J connectivity index is 2.02. The predicted molar refractivity (Wildman–Crippen MR) is 64.1 cm³/mol. The number of para-hydroxylation sites is 1. The van der Waals surface area contributed by atoms with E-state index in [-0.39, 0.29) is 0 Å². The summed E-state index contributed by atoms with van der Waals surface area (Å²) in [6.07, 6.45) is 4.75. The van der Waals surface area contributed by atoms with Crippen molar-refractivity contribution >= 4 is 11.5 Å². The molecular weight excluding hydrogens is 184 g/mol. The minimum Gasteiger partial charge on any atom is -0.278 e. The van der Waals surface area contributed by atoms with Crippen LogP contribution in [0.15, 0.2) is 24.3 Å². The van der Waals surface area contributed by atoms with Crippen LogP contribution in [0.25, 0.3) is 0 Å². The van der Waals surface area contributed by atoms with Crippen LogP contribution in [0.5, 0.6) is 0 Å². The van der Waals surface area contributed by atoms with Crippen LogP contribution in [-0.2, 0) is 6.42 Å². The average molecular weight is 203 g/mol. The molecule has 2 nitrogen and oxygen atoms in total. The van der Waals surface area contributed by atoms with Crippen LogP contribution in [0.2, 0.25) is 0 Å². The molecule has 0 spiro atoms. The molecule has 1 aromatic rings. The fourth-order valence-corrected chi connectivity index (χ4v) is 1.89. The molecule has 0 bridgehead atoms. The molecule has 15 heavy (non-hydrogen) atoms. The van der Waals surface area contributed by atoms with Crippen molar-refractivity contribution in [2.45, 2.75) is 32.6 Å². The molecule has 0 saturated heterocycles. The van der Waals surface area contributed by atoms with Gasteiger partial charge in [0.1, 0.15) is 5.69 Å². The van der Waals surface area contributed by atoms with E-state index in [1.165, 1.54) is 29.9 Å². The first-order valence-electron chi connectivity index (χ1n) is 5.85. The van der Waals surface area contributed by atoms with Gasteiger partial charge in [-0.2, -0.15) is 0 Å². The van der Waals surface area contributed by atoms with Gasteiger partial charge >= 0.3 is 0 Å². The lowest BCUT2D eigenvalue weighted by molar-refractivity contribution is -0.459. The van der Waals surface area contributed by atoms with Crippen molar-refractivity contribution in [1.29, 1.82) is 0 Å². The molecule has 0 amide bonds. The summed E-state index contributed by atoms with van der Waals surface area (Å²) in [5.41, 5.74) is 2.70. The van der Waals surface area contributed by atoms with E-state index in [0.29, 0.717) is 0 Å². The van der Waals surface area contributed by atoms with Gasteiger partial charge in [0.05, 0.1) is 13.0 Å². The van der Waals surface area contributed by atoms with Crippen molar-refractivity contribution in [3.8, 4) is 0 Å². The van der Waals surface area contributed by atoms with Crippen LogP contribution >= 0.6 is 0 Å². The standard InChI is InChI=1S/C13H18N2/c1-2-3-10-14-13-9-8-11-6-4-5-7-12(11)15-13/h4-7H,2-3,8-10H2,1H3,(H,14,15)/p+1. The first-order chi connectivity index (χ1) is 7.40. The van der Waals surface area contributed by atoms with Gasteiger partial charge in [0.2, 0.25) is 5.84 Å². The molecule has 80 valence electrons. The van der Waals surface area contributed by atoms with Gasteiger partial charge in [-0.05, 0) is 24.5 Å². The van der Waals surface area contributed by atoms with Crippen LogP contribution in [0, 0.1) is 0 Å². The van der Waals surface area contributed by atoms with Gasteiger partial charge in [0.25, 0.3) is 0 Å². The molecule has 1 aliphatic heterocycles. The molecule has 2 rings (SSSR count). The van der Waals surface area contributed by atoms with Crippen molar-refractivity contribution in [3.05, 3.63) is 29.8 Å². The van der Waals surface area contributed by atoms with E-state index in [0.717, 1.165) is 19.4 Å². The second-order valence-corrected chi connectivity index (χ2v) is 4.04. The second-order valence-electron chi connectivity index (χ2n) is 4.04. The quantitative estimate of drug-likeness (QED) is 0.712. The summed E-state index contributed by atoms with van der Waals surface area (Å²) in [4.78, 5) is 3.47. The van der Waals surface area contributed by atoms with Crippen molar-refractivity contribution in [2.24, 2.45) is 0 Å². The molecule has 1 aromatic carbocycles. The lowest BCUT2D eigenvalue weighted by Gasteiger charge is -2.13. The molecule has 2 heteroatoms. The number of aryl methyl sites for hydroxylation is 1. The number of fused-ring (bicyclic) bond motifs is 1. The Morgan fingerprint density at radius 2 is 2.13 bits per heavy atom. The summed E-state index contributed by atoms with van der Waals surface area (Å²) in [6.45, 7) is 3.30. The Morgan fingerprint density at radius 3 is 3.00 bits per heavy atom. The van der Waals surface area contributed by atoms with Gasteiger partial charge in [-0.15, -0.1) is 0 Å². The van der Waals surface area contributed by atoms with Crippen LogP contribution in [-0.4, -0.2) is 12.4 Å². The third kappa shape index (κ3) is 2.58. The molecular formula is C13H19N2+. The summed E-state index contributed by atoms with van der Waals surface area (Å²) >= 11 is 0. The van der Waals surface area contributed by atoms with E-state index in [4.69, 9.17) is 0 Å². The third-order valence-corrected chi connectivity index (χ3v) is 2.82. The fraction of sp³-hybridized carbons (Fsp3) is 0.462. The average Bonchev–Trinajstić information content (AvgIpc) is 2.29. The van der Waals surface area contributed by atoms with Crippen LogP contribution in [0.3, 0.4) is 0 Å². The van der Waals surface area contributed by atoms with E-state index >= 15 is 0 Å². The number of rotatable bonds is 3. The lowest BCUT2D eigenvalue weighted by Crippen LogP contribution is -2.75. The van der Waals surface area contributed by atoms with Crippen LogP contribution in [0.4, 0.5) is 5.69 Å². The maximum absolute atomic E-state index is 3.47. The summed E-state index contributed by atoms with van der Waals surface area (Å²) in [5.74, 6) is 1.28. The van der Waals surface area contributed by atoms with Crippen molar-refractivity contribution < 1.29 is 4.99 Å². The fourth-order valence-electron chi connectivity index (χ4n) is 1.89. The summed E-state index contributed by atoms with van der Waals surface area (Å²) in [7, 11) is 0. The Bertz CT molecular complexity index is 355. The van der Waals surface area contributed by atoms with E-state index in [1.54, 1.807) is 0 Å². The normalized spacial score (nSPS) is 17.3. The molecule has 1 heterocycles. The number of anilines is 1. The smallest absolute Gasteiger partial charge is 0.247 e. The maximum Gasteiger partial charge on any atom is 0.247 e. The molecule has 0 unspecified atom stereocenters. The molecule has 1 aliphatic rings. The second kappa shape index (κ2) is 4.96. The highest BCUT2D eigenvalue weighted by molar-refractivity contribution is 5.94. The number of hydrogen-bond donors (Lipinski definition) is 2. The SMILES string of the molecule is CCCC[NH+]=C1CCc2ccccc2N1.